The lowest BCUT2D eigenvalue weighted by atomic mass is 9.76. The number of carboxylic acid groups (broad SMARTS) is 1. The van der Waals surface area contributed by atoms with Gasteiger partial charge in [0, 0.05) is 6.04 Å². The van der Waals surface area contributed by atoms with Gasteiger partial charge in [0.25, 0.3) is 0 Å². The Morgan fingerprint density at radius 1 is 1.12 bits per heavy atom. The highest BCUT2D eigenvalue weighted by Crippen LogP contribution is 2.34. The largest absolute Gasteiger partial charge is 0.481 e. The molecule has 3 atom stereocenters. The lowest BCUT2D eigenvalue weighted by molar-refractivity contribution is -0.147. The third kappa shape index (κ3) is 4.70. The Morgan fingerprint density at radius 3 is 2.29 bits per heavy atom. The van der Waals surface area contributed by atoms with E-state index in [1.54, 1.807) is 0 Å². The molecule has 2 N–H and O–H groups in total. The van der Waals surface area contributed by atoms with E-state index in [1.807, 2.05) is 39.0 Å². The second-order valence-corrected chi connectivity index (χ2v) is 6.95. The van der Waals surface area contributed by atoms with E-state index >= 15 is 0 Å². The summed E-state index contributed by atoms with van der Waals surface area (Å²) in [4.78, 5) is 24.1. The van der Waals surface area contributed by atoms with Crippen LogP contribution in [0.2, 0.25) is 0 Å². The second kappa shape index (κ2) is 8.13. The Hall–Kier alpha value is -2.10. The molecule has 1 aliphatic carbocycles. The van der Waals surface area contributed by atoms with Crippen LogP contribution in [0.1, 0.15) is 45.6 Å². The number of rotatable bonds is 6. The molecular weight excluding hydrogens is 302 g/mol. The van der Waals surface area contributed by atoms with E-state index in [1.165, 1.54) is 5.56 Å². The zero-order valence-corrected chi connectivity index (χ0v) is 14.7. The van der Waals surface area contributed by atoms with E-state index in [4.69, 9.17) is 0 Å². The lowest BCUT2D eigenvalue weighted by Gasteiger charge is -2.30. The van der Waals surface area contributed by atoms with Crippen molar-refractivity contribution in [1.29, 1.82) is 0 Å². The fourth-order valence-electron chi connectivity index (χ4n) is 3.28. The van der Waals surface area contributed by atoms with Crippen molar-refractivity contribution in [1.82, 2.24) is 5.32 Å². The van der Waals surface area contributed by atoms with Crippen LogP contribution in [-0.2, 0) is 16.0 Å². The summed E-state index contributed by atoms with van der Waals surface area (Å²) in [6.07, 6.45) is 2.75. The number of aliphatic carboxylic acids is 1. The smallest absolute Gasteiger partial charge is 0.307 e. The molecule has 0 radical (unpaired) electrons. The molecule has 0 aliphatic heterocycles. The van der Waals surface area contributed by atoms with Crippen molar-refractivity contribution < 1.29 is 14.7 Å². The zero-order chi connectivity index (χ0) is 17.7. The Balaban J connectivity index is 1.93. The molecule has 0 fully saturated rings. The van der Waals surface area contributed by atoms with Gasteiger partial charge < -0.3 is 10.4 Å². The third-order valence-electron chi connectivity index (χ3n) is 5.02. The van der Waals surface area contributed by atoms with Crippen LogP contribution in [0.25, 0.3) is 0 Å². The predicted molar refractivity (Wildman–Crippen MR) is 94.6 cm³/mol. The number of carboxylic acids is 1. The molecule has 0 saturated carbocycles. The fraction of sp³-hybridized carbons (Fsp3) is 0.500. The van der Waals surface area contributed by atoms with Gasteiger partial charge in [-0.2, -0.15) is 0 Å². The maximum atomic E-state index is 12.6. The van der Waals surface area contributed by atoms with Gasteiger partial charge in [0.05, 0.1) is 11.8 Å². The molecular formula is C20H27NO3. The molecule has 1 aromatic rings. The summed E-state index contributed by atoms with van der Waals surface area (Å²) in [6.45, 7) is 5.93. The molecule has 4 heteroatoms. The van der Waals surface area contributed by atoms with Crippen LogP contribution in [0.15, 0.2) is 41.5 Å². The zero-order valence-electron chi connectivity index (χ0n) is 14.7. The van der Waals surface area contributed by atoms with E-state index in [2.05, 4.69) is 17.4 Å². The van der Waals surface area contributed by atoms with Crippen LogP contribution in [0.3, 0.4) is 0 Å². The molecule has 2 rings (SSSR count). The maximum absolute atomic E-state index is 12.6. The third-order valence-corrected chi connectivity index (χ3v) is 5.02. The van der Waals surface area contributed by atoms with Crippen molar-refractivity contribution in [2.75, 3.05) is 0 Å². The van der Waals surface area contributed by atoms with E-state index in [0.29, 0.717) is 12.8 Å². The van der Waals surface area contributed by atoms with Crippen molar-refractivity contribution in [2.45, 2.75) is 52.5 Å². The molecule has 130 valence electrons. The molecule has 1 aliphatic rings. The number of hydrogen-bond acceptors (Lipinski definition) is 2. The number of hydrogen-bond donors (Lipinski definition) is 2. The van der Waals surface area contributed by atoms with Crippen molar-refractivity contribution in [3.63, 3.8) is 0 Å². The molecule has 1 amide bonds. The van der Waals surface area contributed by atoms with Crippen LogP contribution < -0.4 is 5.32 Å². The molecule has 1 aromatic carbocycles. The normalized spacial score (nSPS) is 22.1. The number of nitrogens with one attached hydrogen (secondary N) is 1. The molecule has 0 spiro atoms. The summed E-state index contributed by atoms with van der Waals surface area (Å²) >= 11 is 0. The SMILES string of the molecule is CC1=C(C)C[C@@H](C(=O)N[C@@H](C)CCc2ccccc2)[C@H](C(=O)O)C1. The number of aryl methyl sites for hydroxylation is 1. The van der Waals surface area contributed by atoms with Gasteiger partial charge in [-0.15, -0.1) is 0 Å². The molecule has 4 nitrogen and oxygen atoms in total. The molecule has 0 unspecified atom stereocenters. The summed E-state index contributed by atoms with van der Waals surface area (Å²) in [7, 11) is 0. The lowest BCUT2D eigenvalue weighted by Crippen LogP contribution is -2.43. The number of amides is 1. The minimum absolute atomic E-state index is 0.0273. The quantitative estimate of drug-likeness (QED) is 0.784. The standard InChI is InChI=1S/C20H27NO3/c1-13-11-17(18(20(23)24)12-14(13)2)19(22)21-15(3)9-10-16-7-5-4-6-8-16/h4-8,15,17-18H,9-12H2,1-3H3,(H,21,22)(H,23,24)/t15-,17+,18+/m0/s1. The predicted octanol–water partition coefficient (Wildman–Crippen LogP) is 3.57. The van der Waals surface area contributed by atoms with Gasteiger partial charge in [-0.3, -0.25) is 9.59 Å². The Labute approximate surface area is 144 Å². The minimum atomic E-state index is -0.876. The second-order valence-electron chi connectivity index (χ2n) is 6.95. The van der Waals surface area contributed by atoms with Crippen LogP contribution in [0, 0.1) is 11.8 Å². The van der Waals surface area contributed by atoms with Gasteiger partial charge in [0.2, 0.25) is 5.91 Å². The number of carbonyl (C=O) groups is 2. The first-order valence-electron chi connectivity index (χ1n) is 8.60. The van der Waals surface area contributed by atoms with Crippen LogP contribution >= 0.6 is 0 Å². The summed E-state index contributed by atoms with van der Waals surface area (Å²) in [5, 5.41) is 12.5. The number of benzene rings is 1. The Morgan fingerprint density at radius 2 is 1.71 bits per heavy atom. The highest BCUT2D eigenvalue weighted by molar-refractivity contribution is 5.85. The highest BCUT2D eigenvalue weighted by Gasteiger charge is 2.37. The average Bonchev–Trinajstić information content (AvgIpc) is 2.55. The summed E-state index contributed by atoms with van der Waals surface area (Å²) in [5.74, 6) is -2.09. The first-order chi connectivity index (χ1) is 11.4. The highest BCUT2D eigenvalue weighted by atomic mass is 16.4. The Kier molecular flexibility index (Phi) is 6.18. The van der Waals surface area contributed by atoms with Crippen molar-refractivity contribution in [2.24, 2.45) is 11.8 Å². The van der Waals surface area contributed by atoms with Crippen molar-refractivity contribution in [3.05, 3.63) is 47.0 Å². The first-order valence-corrected chi connectivity index (χ1v) is 8.60. The van der Waals surface area contributed by atoms with E-state index in [0.717, 1.165) is 24.0 Å². The molecule has 0 heterocycles. The number of carbonyl (C=O) groups excluding carboxylic acids is 1. The first kappa shape index (κ1) is 18.2. The van der Waals surface area contributed by atoms with E-state index in [9.17, 15) is 14.7 Å². The number of allylic oxidation sites excluding steroid dienone is 2. The topological polar surface area (TPSA) is 66.4 Å². The summed E-state index contributed by atoms with van der Waals surface area (Å²) in [5.41, 5.74) is 3.49. The maximum Gasteiger partial charge on any atom is 0.307 e. The van der Waals surface area contributed by atoms with Gasteiger partial charge in [-0.05, 0) is 52.0 Å². The van der Waals surface area contributed by atoms with Crippen LogP contribution in [0.4, 0.5) is 0 Å². The van der Waals surface area contributed by atoms with Crippen LogP contribution in [0.5, 0.6) is 0 Å². The van der Waals surface area contributed by atoms with E-state index in [-0.39, 0.29) is 11.9 Å². The van der Waals surface area contributed by atoms with Gasteiger partial charge in [-0.1, -0.05) is 41.5 Å². The van der Waals surface area contributed by atoms with Gasteiger partial charge in [0.1, 0.15) is 0 Å². The van der Waals surface area contributed by atoms with Crippen molar-refractivity contribution in [3.8, 4) is 0 Å². The monoisotopic (exact) mass is 329 g/mol. The molecule has 0 aromatic heterocycles. The van der Waals surface area contributed by atoms with Crippen LogP contribution in [-0.4, -0.2) is 23.0 Å². The minimum Gasteiger partial charge on any atom is -0.481 e. The van der Waals surface area contributed by atoms with Gasteiger partial charge in [-0.25, -0.2) is 0 Å². The van der Waals surface area contributed by atoms with Crippen molar-refractivity contribution >= 4 is 11.9 Å². The van der Waals surface area contributed by atoms with Gasteiger partial charge in [0.15, 0.2) is 0 Å². The summed E-state index contributed by atoms with van der Waals surface area (Å²) in [6, 6.07) is 10.2. The summed E-state index contributed by atoms with van der Waals surface area (Å²) < 4.78 is 0. The molecule has 0 bridgehead atoms. The Bertz CT molecular complexity index is 621. The fourth-order valence-corrected chi connectivity index (χ4v) is 3.28. The van der Waals surface area contributed by atoms with Gasteiger partial charge >= 0.3 is 5.97 Å². The molecule has 0 saturated heterocycles. The van der Waals surface area contributed by atoms with E-state index < -0.39 is 17.8 Å². The average molecular weight is 329 g/mol. The molecule has 24 heavy (non-hydrogen) atoms.